The van der Waals surface area contributed by atoms with Crippen LogP contribution in [0.15, 0.2) is 0 Å². The van der Waals surface area contributed by atoms with Gasteiger partial charge in [-0.15, -0.1) is 12.4 Å². The molecule has 2 aliphatic heterocycles. The molecule has 2 rings (SSSR count). The molecule has 94 valence electrons. The van der Waals surface area contributed by atoms with Gasteiger partial charge in [-0.1, -0.05) is 0 Å². The minimum absolute atomic E-state index is 0. The van der Waals surface area contributed by atoms with Crippen LogP contribution in [0.4, 0.5) is 0 Å². The SMILES string of the molecule is Cl.O=C(O)C1CCCN1C1CCS(=O)(=O)C1. The van der Waals surface area contributed by atoms with Crippen molar-refractivity contribution in [2.45, 2.75) is 31.3 Å². The van der Waals surface area contributed by atoms with Crippen molar-refractivity contribution in [3.8, 4) is 0 Å². The molecule has 0 aromatic carbocycles. The molecule has 1 N–H and O–H groups in total. The van der Waals surface area contributed by atoms with Gasteiger partial charge in [0.2, 0.25) is 0 Å². The molecule has 2 unspecified atom stereocenters. The average molecular weight is 270 g/mol. The standard InChI is InChI=1S/C9H15NO4S.ClH/c11-9(12)8-2-1-4-10(8)7-3-5-15(13,14)6-7;/h7-8H,1-6H2,(H,11,12);1H. The summed E-state index contributed by atoms with van der Waals surface area (Å²) in [5.74, 6) is -0.478. The molecule has 0 aliphatic carbocycles. The third-order valence-corrected chi connectivity index (χ3v) is 5.01. The Hall–Kier alpha value is -0.330. The van der Waals surface area contributed by atoms with Crippen LogP contribution in [0.25, 0.3) is 0 Å². The number of rotatable bonds is 2. The van der Waals surface area contributed by atoms with E-state index in [0.29, 0.717) is 12.8 Å². The van der Waals surface area contributed by atoms with Gasteiger partial charge in [0.25, 0.3) is 0 Å². The second kappa shape index (κ2) is 4.89. The molecule has 2 heterocycles. The number of sulfone groups is 1. The number of nitrogens with zero attached hydrogens (tertiary/aromatic N) is 1. The molecular weight excluding hydrogens is 254 g/mol. The highest BCUT2D eigenvalue weighted by atomic mass is 35.5. The van der Waals surface area contributed by atoms with E-state index in [4.69, 9.17) is 5.11 Å². The number of hydrogen-bond donors (Lipinski definition) is 1. The summed E-state index contributed by atoms with van der Waals surface area (Å²) in [5, 5.41) is 8.98. The lowest BCUT2D eigenvalue weighted by Crippen LogP contribution is -2.43. The Morgan fingerprint density at radius 1 is 1.31 bits per heavy atom. The third kappa shape index (κ3) is 2.67. The van der Waals surface area contributed by atoms with Crippen molar-refractivity contribution in [1.82, 2.24) is 4.90 Å². The zero-order chi connectivity index (χ0) is 11.1. The molecule has 16 heavy (non-hydrogen) atoms. The van der Waals surface area contributed by atoms with Gasteiger partial charge in [0, 0.05) is 6.04 Å². The summed E-state index contributed by atoms with van der Waals surface area (Å²) < 4.78 is 22.6. The van der Waals surface area contributed by atoms with E-state index in [1.807, 2.05) is 4.90 Å². The van der Waals surface area contributed by atoms with Crippen LogP contribution < -0.4 is 0 Å². The molecule has 0 amide bonds. The quantitative estimate of drug-likeness (QED) is 0.772. The maximum absolute atomic E-state index is 11.3. The second-order valence-corrected chi connectivity index (χ2v) is 6.52. The summed E-state index contributed by atoms with van der Waals surface area (Å²) >= 11 is 0. The lowest BCUT2D eigenvalue weighted by atomic mass is 10.2. The van der Waals surface area contributed by atoms with Gasteiger partial charge in [-0.3, -0.25) is 9.69 Å². The van der Waals surface area contributed by atoms with Crippen LogP contribution in [0, 0.1) is 0 Å². The molecule has 2 atom stereocenters. The topological polar surface area (TPSA) is 74.7 Å². The molecule has 2 fully saturated rings. The predicted octanol–water partition coefficient (Wildman–Crippen LogP) is 0.144. The monoisotopic (exact) mass is 269 g/mol. The van der Waals surface area contributed by atoms with E-state index in [-0.39, 0.29) is 30.0 Å². The number of carboxylic acids is 1. The summed E-state index contributed by atoms with van der Waals surface area (Å²) in [6.45, 7) is 0.719. The molecular formula is C9H16ClNO4S. The number of hydrogen-bond acceptors (Lipinski definition) is 4. The van der Waals surface area contributed by atoms with Crippen molar-refractivity contribution < 1.29 is 18.3 Å². The van der Waals surface area contributed by atoms with Gasteiger partial charge in [-0.2, -0.15) is 0 Å². The predicted molar refractivity (Wildman–Crippen MR) is 61.7 cm³/mol. The van der Waals surface area contributed by atoms with Crippen molar-refractivity contribution >= 4 is 28.2 Å². The lowest BCUT2D eigenvalue weighted by Gasteiger charge is -2.26. The molecule has 0 aromatic heterocycles. The van der Waals surface area contributed by atoms with E-state index < -0.39 is 21.8 Å². The zero-order valence-corrected chi connectivity index (χ0v) is 10.5. The zero-order valence-electron chi connectivity index (χ0n) is 8.83. The molecule has 0 spiro atoms. The first kappa shape index (κ1) is 13.7. The number of likely N-dealkylation sites (tertiary alicyclic amines) is 1. The lowest BCUT2D eigenvalue weighted by molar-refractivity contribution is -0.142. The molecule has 5 nitrogen and oxygen atoms in total. The summed E-state index contributed by atoms with van der Waals surface area (Å²) in [4.78, 5) is 12.8. The van der Waals surface area contributed by atoms with E-state index >= 15 is 0 Å². The highest BCUT2D eigenvalue weighted by Crippen LogP contribution is 2.26. The van der Waals surface area contributed by atoms with Crippen molar-refractivity contribution in [3.63, 3.8) is 0 Å². The highest BCUT2D eigenvalue weighted by molar-refractivity contribution is 7.91. The van der Waals surface area contributed by atoms with Crippen molar-refractivity contribution in [2.24, 2.45) is 0 Å². The van der Waals surface area contributed by atoms with E-state index in [0.717, 1.165) is 13.0 Å². The van der Waals surface area contributed by atoms with Gasteiger partial charge in [-0.25, -0.2) is 8.42 Å². The van der Waals surface area contributed by atoms with Crippen molar-refractivity contribution in [1.29, 1.82) is 0 Å². The Balaban J connectivity index is 0.00000128. The van der Waals surface area contributed by atoms with Crippen LogP contribution in [-0.2, 0) is 14.6 Å². The van der Waals surface area contributed by atoms with Crippen LogP contribution in [0.1, 0.15) is 19.3 Å². The number of carbonyl (C=O) groups is 1. The maximum atomic E-state index is 11.3. The number of aliphatic carboxylic acids is 1. The number of halogens is 1. The molecule has 7 heteroatoms. The van der Waals surface area contributed by atoms with Crippen LogP contribution in [0.2, 0.25) is 0 Å². The minimum atomic E-state index is -2.92. The normalized spacial score (nSPS) is 33.5. The molecule has 2 saturated heterocycles. The van der Waals surface area contributed by atoms with Crippen LogP contribution in [0.3, 0.4) is 0 Å². The molecule has 0 aromatic rings. The van der Waals surface area contributed by atoms with Gasteiger partial charge < -0.3 is 5.11 Å². The average Bonchev–Trinajstić information content (AvgIpc) is 2.69. The minimum Gasteiger partial charge on any atom is -0.480 e. The van der Waals surface area contributed by atoms with Gasteiger partial charge in [-0.05, 0) is 25.8 Å². The Morgan fingerprint density at radius 2 is 2.00 bits per heavy atom. The van der Waals surface area contributed by atoms with E-state index in [9.17, 15) is 13.2 Å². The third-order valence-electron chi connectivity index (χ3n) is 3.26. The Bertz CT molecular complexity index is 370. The molecule has 2 aliphatic rings. The fraction of sp³-hybridized carbons (Fsp3) is 0.889. The van der Waals surface area contributed by atoms with Crippen LogP contribution in [0.5, 0.6) is 0 Å². The van der Waals surface area contributed by atoms with E-state index in [1.165, 1.54) is 0 Å². The molecule has 0 radical (unpaired) electrons. The first-order valence-electron chi connectivity index (χ1n) is 5.18. The fourth-order valence-electron chi connectivity index (χ4n) is 2.53. The Labute approximate surface area is 101 Å². The first-order chi connectivity index (χ1) is 6.99. The summed E-state index contributed by atoms with van der Waals surface area (Å²) in [5.41, 5.74) is 0. The second-order valence-electron chi connectivity index (χ2n) is 4.29. The van der Waals surface area contributed by atoms with Gasteiger partial charge in [0.15, 0.2) is 9.84 Å². The van der Waals surface area contributed by atoms with Crippen LogP contribution in [-0.4, -0.2) is 54.5 Å². The van der Waals surface area contributed by atoms with Crippen LogP contribution >= 0.6 is 12.4 Å². The molecule has 0 saturated carbocycles. The Morgan fingerprint density at radius 3 is 2.50 bits per heavy atom. The highest BCUT2D eigenvalue weighted by Gasteiger charge is 2.40. The summed E-state index contributed by atoms with van der Waals surface area (Å²) in [6, 6.07) is -0.540. The van der Waals surface area contributed by atoms with Gasteiger partial charge >= 0.3 is 5.97 Å². The smallest absolute Gasteiger partial charge is 0.320 e. The van der Waals surface area contributed by atoms with Gasteiger partial charge in [0.05, 0.1) is 11.5 Å². The van der Waals surface area contributed by atoms with Gasteiger partial charge in [0.1, 0.15) is 6.04 Å². The fourth-order valence-corrected chi connectivity index (χ4v) is 4.27. The van der Waals surface area contributed by atoms with Crippen molar-refractivity contribution in [3.05, 3.63) is 0 Å². The summed E-state index contributed by atoms with van der Waals surface area (Å²) in [6.07, 6.45) is 2.09. The van der Waals surface area contributed by atoms with E-state index in [1.54, 1.807) is 0 Å². The largest absolute Gasteiger partial charge is 0.480 e. The maximum Gasteiger partial charge on any atom is 0.320 e. The Kier molecular flexibility index (Phi) is 4.20. The van der Waals surface area contributed by atoms with Crippen molar-refractivity contribution in [2.75, 3.05) is 18.1 Å². The number of carboxylic acid groups (broad SMARTS) is 1. The first-order valence-corrected chi connectivity index (χ1v) is 7.01. The summed E-state index contributed by atoms with van der Waals surface area (Å²) in [7, 11) is -2.92. The van der Waals surface area contributed by atoms with E-state index in [2.05, 4.69) is 0 Å². The molecule has 0 bridgehead atoms.